The molecule has 2 fully saturated rings. The third-order valence-electron chi connectivity index (χ3n) is 7.34. The summed E-state index contributed by atoms with van der Waals surface area (Å²) in [4.78, 5) is 7.19. The first-order chi connectivity index (χ1) is 16.0. The molecular weight excluding hydrogens is 449 g/mol. The lowest BCUT2D eigenvalue weighted by atomic mass is 9.91. The van der Waals surface area contributed by atoms with Crippen LogP contribution in [-0.2, 0) is 6.54 Å². The summed E-state index contributed by atoms with van der Waals surface area (Å²) >= 11 is 1.56. The number of hydrogen-bond acceptors (Lipinski definition) is 6. The average molecular weight is 475 g/mol. The fraction of sp³-hybridized carbons (Fsp3) is 0.522. The minimum Gasteiger partial charge on any atom is -0.361 e. The number of piperidine rings is 1. The minimum atomic E-state index is -1.44. The molecular formula is C23H25F3N6S. The van der Waals surface area contributed by atoms with E-state index in [-0.39, 0.29) is 5.92 Å². The molecule has 0 radical (unpaired) electrons. The van der Waals surface area contributed by atoms with E-state index in [0.717, 1.165) is 37.3 Å². The van der Waals surface area contributed by atoms with Crippen molar-refractivity contribution in [2.75, 3.05) is 23.3 Å². The fourth-order valence-electron chi connectivity index (χ4n) is 5.79. The maximum atomic E-state index is 13.9. The number of rotatable bonds is 4. The molecule has 3 aliphatic rings. The molecule has 2 aliphatic heterocycles. The number of fused-ring (bicyclic) bond motifs is 3. The molecule has 174 valence electrons. The highest BCUT2D eigenvalue weighted by Crippen LogP contribution is 2.41. The van der Waals surface area contributed by atoms with Gasteiger partial charge in [-0.15, -0.1) is 5.10 Å². The first kappa shape index (κ1) is 20.9. The summed E-state index contributed by atoms with van der Waals surface area (Å²) in [5.41, 5.74) is 1.46. The van der Waals surface area contributed by atoms with Gasteiger partial charge in [-0.05, 0) is 79.7 Å². The maximum Gasteiger partial charge on any atom is 0.242 e. The van der Waals surface area contributed by atoms with Gasteiger partial charge in [0.05, 0.1) is 5.69 Å². The Morgan fingerprint density at radius 1 is 1.03 bits per heavy atom. The van der Waals surface area contributed by atoms with Crippen LogP contribution in [0, 0.1) is 36.2 Å². The Bertz CT molecular complexity index is 1160. The van der Waals surface area contributed by atoms with Crippen molar-refractivity contribution in [1.82, 2.24) is 19.1 Å². The Morgan fingerprint density at radius 3 is 2.42 bits per heavy atom. The predicted octanol–water partition coefficient (Wildman–Crippen LogP) is 4.71. The van der Waals surface area contributed by atoms with Crippen LogP contribution in [-0.4, -0.2) is 38.3 Å². The summed E-state index contributed by atoms with van der Waals surface area (Å²) in [5.74, 6) is -1.82. The van der Waals surface area contributed by atoms with E-state index in [2.05, 4.69) is 25.8 Å². The van der Waals surface area contributed by atoms with Crippen molar-refractivity contribution in [3.05, 3.63) is 52.7 Å². The zero-order valence-electron chi connectivity index (χ0n) is 18.3. The Kier molecular flexibility index (Phi) is 5.08. The van der Waals surface area contributed by atoms with Gasteiger partial charge in [-0.3, -0.25) is 0 Å². The monoisotopic (exact) mass is 474 g/mol. The van der Waals surface area contributed by atoms with E-state index in [4.69, 9.17) is 4.98 Å². The molecule has 3 unspecified atom stereocenters. The summed E-state index contributed by atoms with van der Waals surface area (Å²) in [5, 5.41) is 9.50. The van der Waals surface area contributed by atoms with Crippen molar-refractivity contribution in [2.24, 2.45) is 11.8 Å². The molecule has 3 aromatic rings. The van der Waals surface area contributed by atoms with Gasteiger partial charge >= 0.3 is 0 Å². The first-order valence-electron chi connectivity index (χ1n) is 11.5. The van der Waals surface area contributed by atoms with Gasteiger partial charge in [0.1, 0.15) is 10.8 Å². The lowest BCUT2D eigenvalue weighted by molar-refractivity contribution is 0.377. The van der Waals surface area contributed by atoms with Crippen molar-refractivity contribution >= 4 is 22.5 Å². The van der Waals surface area contributed by atoms with Crippen LogP contribution < -0.4 is 10.2 Å². The van der Waals surface area contributed by atoms with Gasteiger partial charge in [0.15, 0.2) is 17.5 Å². The van der Waals surface area contributed by atoms with Gasteiger partial charge in [-0.25, -0.2) is 17.9 Å². The van der Waals surface area contributed by atoms with Gasteiger partial charge < -0.3 is 10.2 Å². The van der Waals surface area contributed by atoms with Crippen molar-refractivity contribution in [3.8, 4) is 0 Å². The molecule has 0 spiro atoms. The van der Waals surface area contributed by atoms with Crippen molar-refractivity contribution in [3.63, 3.8) is 0 Å². The number of benzene rings is 1. The quantitative estimate of drug-likeness (QED) is 0.555. The zero-order valence-corrected chi connectivity index (χ0v) is 19.1. The van der Waals surface area contributed by atoms with Crippen LogP contribution in [0.25, 0.3) is 0 Å². The number of aryl methyl sites for hydroxylation is 2. The van der Waals surface area contributed by atoms with Gasteiger partial charge in [0.2, 0.25) is 5.95 Å². The van der Waals surface area contributed by atoms with E-state index in [9.17, 15) is 13.2 Å². The van der Waals surface area contributed by atoms with E-state index in [1.54, 1.807) is 11.5 Å². The predicted molar refractivity (Wildman–Crippen MR) is 120 cm³/mol. The third-order valence-corrected chi connectivity index (χ3v) is 8.28. The Balaban J connectivity index is 1.22. The standard InChI is InChI=1S/C23H25F3N6S/c1-12-7-19(33-30-12)31-10-13-4-5-14(11-31)21(13)27-23-28-22-16(3-2-6-32(22)29-23)15-8-17(24)20(26)18(25)9-15/h7-9,13-14,16,21H,2-6,10-11H2,1H3,(H,27,29). The van der Waals surface area contributed by atoms with Gasteiger partial charge in [0.25, 0.3) is 0 Å². The number of anilines is 2. The van der Waals surface area contributed by atoms with Gasteiger partial charge in [-0.1, -0.05) is 0 Å². The number of aromatic nitrogens is 4. The molecule has 2 bridgehead atoms. The Labute approximate surface area is 194 Å². The number of nitrogens with zero attached hydrogens (tertiary/aromatic N) is 5. The summed E-state index contributed by atoms with van der Waals surface area (Å²) in [6.45, 7) is 4.71. The summed E-state index contributed by atoms with van der Waals surface area (Å²) in [6.07, 6.45) is 3.85. The van der Waals surface area contributed by atoms with Crippen LogP contribution in [0.2, 0.25) is 0 Å². The zero-order chi connectivity index (χ0) is 22.7. The van der Waals surface area contributed by atoms with Crippen LogP contribution in [0.5, 0.6) is 0 Å². The Morgan fingerprint density at radius 2 is 1.76 bits per heavy atom. The van der Waals surface area contributed by atoms with Gasteiger partial charge in [-0.2, -0.15) is 9.36 Å². The van der Waals surface area contributed by atoms with Crippen LogP contribution in [0.3, 0.4) is 0 Å². The smallest absolute Gasteiger partial charge is 0.242 e. The maximum absolute atomic E-state index is 13.9. The molecule has 6 rings (SSSR count). The van der Waals surface area contributed by atoms with Crippen LogP contribution in [0.1, 0.15) is 48.7 Å². The first-order valence-corrected chi connectivity index (χ1v) is 12.3. The fourth-order valence-corrected chi connectivity index (χ4v) is 6.57. The molecule has 1 saturated heterocycles. The molecule has 1 saturated carbocycles. The topological polar surface area (TPSA) is 58.9 Å². The molecule has 0 amide bonds. The molecule has 6 nitrogen and oxygen atoms in total. The highest BCUT2D eigenvalue weighted by atomic mass is 32.1. The molecule has 10 heteroatoms. The van der Waals surface area contributed by atoms with Gasteiger partial charge in [0, 0.05) is 31.6 Å². The summed E-state index contributed by atoms with van der Waals surface area (Å²) in [6, 6.07) is 4.62. The molecule has 1 N–H and O–H groups in total. The number of hydrogen-bond donors (Lipinski definition) is 1. The average Bonchev–Trinajstić information content (AvgIpc) is 3.47. The molecule has 2 aromatic heterocycles. The minimum absolute atomic E-state index is 0.305. The molecule has 1 aliphatic carbocycles. The van der Waals surface area contributed by atoms with E-state index in [1.165, 1.54) is 17.8 Å². The third kappa shape index (κ3) is 3.68. The van der Waals surface area contributed by atoms with Crippen LogP contribution >= 0.6 is 11.5 Å². The summed E-state index contributed by atoms with van der Waals surface area (Å²) < 4.78 is 47.4. The normalized spacial score (nSPS) is 26.5. The lowest BCUT2D eigenvalue weighted by Gasteiger charge is -2.38. The van der Waals surface area contributed by atoms with E-state index in [1.807, 2.05) is 11.6 Å². The summed E-state index contributed by atoms with van der Waals surface area (Å²) in [7, 11) is 0. The van der Waals surface area contributed by atoms with Crippen molar-refractivity contribution < 1.29 is 13.2 Å². The van der Waals surface area contributed by atoms with Crippen LogP contribution in [0.4, 0.5) is 24.1 Å². The lowest BCUT2D eigenvalue weighted by Crippen LogP contribution is -2.48. The number of nitrogens with one attached hydrogen (secondary N) is 1. The van der Waals surface area contributed by atoms with Crippen molar-refractivity contribution in [1.29, 1.82) is 0 Å². The number of halogens is 3. The second kappa shape index (κ2) is 8.00. The highest BCUT2D eigenvalue weighted by Gasteiger charge is 2.43. The van der Waals surface area contributed by atoms with E-state index in [0.29, 0.717) is 48.2 Å². The van der Waals surface area contributed by atoms with Crippen molar-refractivity contribution in [2.45, 2.75) is 51.1 Å². The molecule has 4 heterocycles. The molecule has 1 aromatic carbocycles. The second-order valence-corrected chi connectivity index (χ2v) is 10.3. The molecule has 33 heavy (non-hydrogen) atoms. The largest absolute Gasteiger partial charge is 0.361 e. The van der Waals surface area contributed by atoms with E-state index < -0.39 is 17.5 Å². The Hall–Kier alpha value is -2.62. The van der Waals surface area contributed by atoms with Crippen LogP contribution in [0.15, 0.2) is 18.2 Å². The van der Waals surface area contributed by atoms with E-state index >= 15 is 0 Å². The highest BCUT2D eigenvalue weighted by molar-refractivity contribution is 7.10. The second-order valence-electron chi connectivity index (χ2n) is 9.49. The SMILES string of the molecule is Cc1cc(N2CC3CCC(C2)C3Nc2nc3n(n2)CCCC3c2cc(F)c(F)c(F)c2)sn1. The molecule has 3 atom stereocenters.